The molecule has 0 unspecified atom stereocenters. The number of nitrogens with two attached hydrogens (primary N) is 1. The topological polar surface area (TPSA) is 50.5 Å². The van der Waals surface area contributed by atoms with Crippen molar-refractivity contribution in [3.63, 3.8) is 0 Å². The van der Waals surface area contributed by atoms with Gasteiger partial charge in [0.05, 0.1) is 6.61 Å². The van der Waals surface area contributed by atoms with E-state index in [1.807, 2.05) is 5.06 Å². The second-order valence-electron chi connectivity index (χ2n) is 8.24. The van der Waals surface area contributed by atoms with E-state index in [1.54, 1.807) is 0 Å². The van der Waals surface area contributed by atoms with Crippen molar-refractivity contribution in [1.82, 2.24) is 10.4 Å². The number of unbranched alkanes of at least 4 members (excludes halogenated alkanes) is 4. The third kappa shape index (κ3) is 9.01. The predicted octanol–water partition coefficient (Wildman–Crippen LogP) is 4.92. The average molecular weight is 384 g/mol. The molecule has 5 heteroatoms. The molecule has 0 aliphatic heterocycles. The van der Waals surface area contributed by atoms with Crippen LogP contribution in [-0.2, 0) is 4.84 Å². The first-order chi connectivity index (χ1) is 12.8. The molecule has 0 atom stereocenters. The molecule has 4 nitrogen and oxygen atoms in total. The maximum absolute atomic E-state index is 6.22. The molecule has 0 spiro atoms. The smallest absolute Gasteiger partial charge is 0.193 e. The number of rotatable bonds is 11. The Balaban J connectivity index is 1.73. The SMILES string of the molecule is NCCCCCCCN(OCC1CCCCC1)C(=S)NC1CCCCC1. The average Bonchev–Trinajstić information content (AvgIpc) is 2.68. The molecule has 0 amide bonds. The second-order valence-corrected chi connectivity index (χ2v) is 8.63. The van der Waals surface area contributed by atoms with Crippen LogP contribution in [0.1, 0.15) is 96.3 Å². The molecule has 0 aromatic heterocycles. The lowest BCUT2D eigenvalue weighted by Gasteiger charge is -2.31. The van der Waals surface area contributed by atoms with Crippen molar-refractivity contribution in [2.24, 2.45) is 11.7 Å². The molecule has 0 aromatic carbocycles. The summed E-state index contributed by atoms with van der Waals surface area (Å²) in [5.74, 6) is 0.716. The quantitative estimate of drug-likeness (QED) is 0.301. The van der Waals surface area contributed by atoms with Gasteiger partial charge < -0.3 is 11.1 Å². The molecule has 3 N–H and O–H groups in total. The molecule has 2 saturated carbocycles. The van der Waals surface area contributed by atoms with Crippen LogP contribution in [0.5, 0.6) is 0 Å². The Labute approximate surface area is 166 Å². The molecule has 152 valence electrons. The molecular formula is C21H41N3OS. The third-order valence-electron chi connectivity index (χ3n) is 5.92. The molecule has 0 radical (unpaired) electrons. The van der Waals surface area contributed by atoms with Gasteiger partial charge in [-0.05, 0) is 63.2 Å². The normalized spacial score (nSPS) is 19.4. The Kier molecular flexibility index (Phi) is 11.6. The van der Waals surface area contributed by atoms with E-state index in [4.69, 9.17) is 22.8 Å². The predicted molar refractivity (Wildman–Crippen MR) is 114 cm³/mol. The first kappa shape index (κ1) is 21.9. The van der Waals surface area contributed by atoms with Gasteiger partial charge in [0, 0.05) is 12.6 Å². The van der Waals surface area contributed by atoms with Crippen LogP contribution in [0.3, 0.4) is 0 Å². The van der Waals surface area contributed by atoms with Crippen molar-refractivity contribution in [3.8, 4) is 0 Å². The van der Waals surface area contributed by atoms with Crippen LogP contribution in [0.4, 0.5) is 0 Å². The van der Waals surface area contributed by atoms with Crippen LogP contribution in [0.15, 0.2) is 0 Å². The summed E-state index contributed by atoms with van der Waals surface area (Å²) < 4.78 is 0. The zero-order valence-electron chi connectivity index (χ0n) is 16.7. The van der Waals surface area contributed by atoms with E-state index in [0.29, 0.717) is 12.0 Å². The van der Waals surface area contributed by atoms with E-state index in [-0.39, 0.29) is 0 Å². The Bertz CT molecular complexity index is 368. The van der Waals surface area contributed by atoms with Gasteiger partial charge in [0.1, 0.15) is 0 Å². The van der Waals surface area contributed by atoms with E-state index >= 15 is 0 Å². The van der Waals surface area contributed by atoms with Crippen molar-refractivity contribution < 1.29 is 4.84 Å². The van der Waals surface area contributed by atoms with E-state index < -0.39 is 0 Å². The minimum absolute atomic E-state index is 0.543. The molecule has 2 rings (SSSR count). The summed E-state index contributed by atoms with van der Waals surface area (Å²) in [4.78, 5) is 6.22. The molecule has 2 aliphatic rings. The highest BCUT2D eigenvalue weighted by Gasteiger charge is 2.20. The van der Waals surface area contributed by atoms with Gasteiger partial charge in [-0.3, -0.25) is 4.84 Å². The minimum Gasteiger partial charge on any atom is -0.358 e. The van der Waals surface area contributed by atoms with Gasteiger partial charge in [-0.2, -0.15) is 0 Å². The Hall–Kier alpha value is -0.390. The summed E-state index contributed by atoms with van der Waals surface area (Å²) in [5.41, 5.74) is 5.58. The highest BCUT2D eigenvalue weighted by Crippen LogP contribution is 2.24. The zero-order valence-corrected chi connectivity index (χ0v) is 17.5. The summed E-state index contributed by atoms with van der Waals surface area (Å²) in [6.45, 7) is 2.56. The zero-order chi connectivity index (χ0) is 18.5. The van der Waals surface area contributed by atoms with Gasteiger partial charge >= 0.3 is 0 Å². The second kappa shape index (κ2) is 13.7. The molecule has 0 saturated heterocycles. The van der Waals surface area contributed by atoms with Crippen LogP contribution in [0, 0.1) is 5.92 Å². The number of nitrogens with one attached hydrogen (secondary N) is 1. The Morgan fingerprint density at radius 1 is 0.885 bits per heavy atom. The highest BCUT2D eigenvalue weighted by molar-refractivity contribution is 7.80. The standard InChI is InChI=1S/C21H41N3OS/c22-16-10-2-1-3-11-17-24(25-18-19-12-6-4-7-13-19)21(26)23-20-14-8-5-9-15-20/h19-20H,1-18,22H2,(H,23,26). The van der Waals surface area contributed by atoms with Gasteiger partial charge in [-0.25, -0.2) is 5.06 Å². The lowest BCUT2D eigenvalue weighted by molar-refractivity contribution is -0.118. The van der Waals surface area contributed by atoms with E-state index in [1.165, 1.54) is 83.5 Å². The van der Waals surface area contributed by atoms with Gasteiger partial charge in [0.25, 0.3) is 0 Å². The van der Waals surface area contributed by atoms with Gasteiger partial charge in [-0.15, -0.1) is 0 Å². The van der Waals surface area contributed by atoms with Crippen LogP contribution < -0.4 is 11.1 Å². The number of hydrogen-bond acceptors (Lipinski definition) is 3. The number of hydroxylamine groups is 2. The van der Waals surface area contributed by atoms with Gasteiger partial charge in [0.2, 0.25) is 0 Å². The van der Waals surface area contributed by atoms with Crippen LogP contribution in [0.25, 0.3) is 0 Å². The van der Waals surface area contributed by atoms with Crippen molar-refractivity contribution in [1.29, 1.82) is 0 Å². The molecule has 0 heterocycles. The summed E-state index contributed by atoms with van der Waals surface area (Å²) in [7, 11) is 0. The fraction of sp³-hybridized carbons (Fsp3) is 0.952. The first-order valence-electron chi connectivity index (χ1n) is 11.2. The first-order valence-corrected chi connectivity index (χ1v) is 11.6. The van der Waals surface area contributed by atoms with Crippen molar-refractivity contribution in [2.45, 2.75) is 102 Å². The van der Waals surface area contributed by atoms with E-state index in [9.17, 15) is 0 Å². The minimum atomic E-state index is 0.543. The lowest BCUT2D eigenvalue weighted by atomic mass is 9.90. The fourth-order valence-corrected chi connectivity index (χ4v) is 4.51. The summed E-state index contributed by atoms with van der Waals surface area (Å²) >= 11 is 5.72. The van der Waals surface area contributed by atoms with Crippen molar-refractivity contribution in [3.05, 3.63) is 0 Å². The van der Waals surface area contributed by atoms with E-state index in [2.05, 4.69) is 5.32 Å². The monoisotopic (exact) mass is 383 g/mol. The molecule has 2 aliphatic carbocycles. The largest absolute Gasteiger partial charge is 0.358 e. The van der Waals surface area contributed by atoms with Crippen LogP contribution in [0.2, 0.25) is 0 Å². The Morgan fingerprint density at radius 2 is 1.50 bits per heavy atom. The van der Waals surface area contributed by atoms with Crippen LogP contribution >= 0.6 is 12.2 Å². The van der Waals surface area contributed by atoms with Crippen molar-refractivity contribution in [2.75, 3.05) is 19.7 Å². The van der Waals surface area contributed by atoms with Crippen molar-refractivity contribution >= 4 is 17.3 Å². The maximum Gasteiger partial charge on any atom is 0.193 e. The van der Waals surface area contributed by atoms with E-state index in [0.717, 1.165) is 37.7 Å². The summed E-state index contributed by atoms with van der Waals surface area (Å²) in [5, 5.41) is 6.40. The third-order valence-corrected chi connectivity index (χ3v) is 6.24. The van der Waals surface area contributed by atoms with Crippen LogP contribution in [-0.4, -0.2) is 35.9 Å². The molecule has 2 fully saturated rings. The highest BCUT2D eigenvalue weighted by atomic mass is 32.1. The number of nitrogens with zero attached hydrogens (tertiary/aromatic N) is 1. The lowest BCUT2D eigenvalue weighted by Crippen LogP contribution is -2.46. The Morgan fingerprint density at radius 3 is 2.19 bits per heavy atom. The maximum atomic E-state index is 6.22. The number of thiocarbonyl (C=S) groups is 1. The molecule has 0 bridgehead atoms. The van der Waals surface area contributed by atoms with Gasteiger partial charge in [-0.1, -0.05) is 57.8 Å². The molecule has 0 aromatic rings. The molecule has 26 heavy (non-hydrogen) atoms. The van der Waals surface area contributed by atoms with Gasteiger partial charge in [0.15, 0.2) is 5.11 Å². The molecular weight excluding hydrogens is 342 g/mol. The number of hydrogen-bond donors (Lipinski definition) is 2. The summed E-state index contributed by atoms with van der Waals surface area (Å²) in [6, 6.07) is 0.543. The fourth-order valence-electron chi connectivity index (χ4n) is 4.20. The summed E-state index contributed by atoms with van der Waals surface area (Å²) in [6.07, 6.45) is 19.3.